The summed E-state index contributed by atoms with van der Waals surface area (Å²) in [6.07, 6.45) is 0. The minimum Gasteiger partial charge on any atom is -0.420 e. The fourth-order valence-electron chi connectivity index (χ4n) is 3.92. The third kappa shape index (κ3) is 2.77. The van der Waals surface area contributed by atoms with Gasteiger partial charge in [0.1, 0.15) is 17.5 Å². The maximum Gasteiger partial charge on any atom is 0.244 e. The Labute approximate surface area is 179 Å². The lowest BCUT2D eigenvalue weighted by atomic mass is 9.82. The van der Waals surface area contributed by atoms with Crippen LogP contribution in [-0.4, -0.2) is 10.2 Å². The van der Waals surface area contributed by atoms with Crippen LogP contribution in [0, 0.1) is 17.1 Å². The molecule has 1 aromatic heterocycles. The molecule has 2 heterocycles. The lowest BCUT2D eigenvalue weighted by molar-refractivity contribution is 0.379. The van der Waals surface area contributed by atoms with Gasteiger partial charge in [0.2, 0.25) is 11.8 Å². The van der Waals surface area contributed by atoms with Crippen LogP contribution in [0.15, 0.2) is 76.6 Å². The van der Waals surface area contributed by atoms with Crippen molar-refractivity contribution in [2.75, 3.05) is 0 Å². The SMILES string of the molecule is N#CC1=C(N)Oc2n[nH]c(-c3cccc4ccccc34)c2C1c1ccc(F)c(Br)c1. The molecular formula is C23H14BrFN4O. The normalized spacial score (nSPS) is 15.6. The summed E-state index contributed by atoms with van der Waals surface area (Å²) in [5.74, 6) is -0.641. The first-order chi connectivity index (χ1) is 14.6. The number of nitrogens with zero attached hydrogens (tertiary/aromatic N) is 2. The van der Waals surface area contributed by atoms with E-state index in [0.29, 0.717) is 21.5 Å². The van der Waals surface area contributed by atoms with Gasteiger partial charge in [0.05, 0.1) is 21.6 Å². The quantitative estimate of drug-likeness (QED) is 0.421. The molecule has 0 spiro atoms. The Kier molecular flexibility index (Phi) is 4.30. The van der Waals surface area contributed by atoms with Crippen LogP contribution in [0.4, 0.5) is 4.39 Å². The molecule has 146 valence electrons. The molecule has 30 heavy (non-hydrogen) atoms. The van der Waals surface area contributed by atoms with E-state index in [1.54, 1.807) is 12.1 Å². The highest BCUT2D eigenvalue weighted by Gasteiger charge is 2.36. The minimum absolute atomic E-state index is 0.00795. The molecule has 7 heteroatoms. The highest BCUT2D eigenvalue weighted by molar-refractivity contribution is 9.10. The molecule has 1 atom stereocenters. The van der Waals surface area contributed by atoms with E-state index in [2.05, 4.69) is 32.2 Å². The molecular weight excluding hydrogens is 447 g/mol. The van der Waals surface area contributed by atoms with Gasteiger partial charge >= 0.3 is 0 Å². The van der Waals surface area contributed by atoms with Gasteiger partial charge in [-0.2, -0.15) is 5.26 Å². The number of nitriles is 1. The Morgan fingerprint density at radius 3 is 2.73 bits per heavy atom. The summed E-state index contributed by atoms with van der Waals surface area (Å²) in [6.45, 7) is 0. The van der Waals surface area contributed by atoms with Crippen molar-refractivity contribution in [3.63, 3.8) is 0 Å². The molecule has 4 aromatic rings. The second-order valence-electron chi connectivity index (χ2n) is 6.94. The lowest BCUT2D eigenvalue weighted by Crippen LogP contribution is -2.21. The Hall–Kier alpha value is -3.63. The Morgan fingerprint density at radius 2 is 1.93 bits per heavy atom. The van der Waals surface area contributed by atoms with E-state index in [1.165, 1.54) is 6.07 Å². The summed E-state index contributed by atoms with van der Waals surface area (Å²) in [5, 5.41) is 19.3. The molecule has 0 radical (unpaired) electrons. The fraction of sp³-hybridized carbons (Fsp3) is 0.0435. The van der Waals surface area contributed by atoms with Gasteiger partial charge in [-0.05, 0) is 44.4 Å². The van der Waals surface area contributed by atoms with E-state index in [9.17, 15) is 9.65 Å². The van der Waals surface area contributed by atoms with Crippen molar-refractivity contribution in [1.82, 2.24) is 10.2 Å². The van der Waals surface area contributed by atoms with E-state index in [-0.39, 0.29) is 17.3 Å². The average Bonchev–Trinajstić information content (AvgIpc) is 3.17. The minimum atomic E-state index is -0.552. The van der Waals surface area contributed by atoms with Crippen molar-refractivity contribution in [3.05, 3.63) is 93.5 Å². The van der Waals surface area contributed by atoms with Gasteiger partial charge in [-0.15, -0.1) is 5.10 Å². The van der Waals surface area contributed by atoms with E-state index in [1.807, 2.05) is 42.5 Å². The molecule has 3 aromatic carbocycles. The van der Waals surface area contributed by atoms with Crippen LogP contribution in [0.1, 0.15) is 17.0 Å². The number of aromatic nitrogens is 2. The van der Waals surface area contributed by atoms with E-state index >= 15 is 0 Å². The predicted octanol–water partition coefficient (Wildman–Crippen LogP) is 5.35. The largest absolute Gasteiger partial charge is 0.420 e. The number of nitrogens with one attached hydrogen (secondary N) is 1. The predicted molar refractivity (Wildman–Crippen MR) is 115 cm³/mol. The Bertz CT molecular complexity index is 1380. The van der Waals surface area contributed by atoms with Crippen molar-refractivity contribution in [2.24, 2.45) is 5.73 Å². The first-order valence-corrected chi connectivity index (χ1v) is 9.96. The molecule has 0 amide bonds. The van der Waals surface area contributed by atoms with Crippen LogP contribution < -0.4 is 10.5 Å². The van der Waals surface area contributed by atoms with Crippen molar-refractivity contribution >= 4 is 26.7 Å². The van der Waals surface area contributed by atoms with Crippen molar-refractivity contribution in [2.45, 2.75) is 5.92 Å². The van der Waals surface area contributed by atoms with Gasteiger partial charge < -0.3 is 10.5 Å². The first-order valence-electron chi connectivity index (χ1n) is 9.17. The number of nitrogens with two attached hydrogens (primary N) is 1. The van der Waals surface area contributed by atoms with Crippen molar-refractivity contribution < 1.29 is 9.13 Å². The van der Waals surface area contributed by atoms with E-state index in [4.69, 9.17) is 10.5 Å². The first kappa shape index (κ1) is 18.4. The molecule has 3 N–H and O–H groups in total. The zero-order valence-electron chi connectivity index (χ0n) is 15.5. The fourth-order valence-corrected chi connectivity index (χ4v) is 4.32. The smallest absolute Gasteiger partial charge is 0.244 e. The molecule has 0 aliphatic carbocycles. The standard InChI is InChI=1S/C23H14BrFN4O/c24-17-10-13(8-9-18(17)25)19-16(11-26)22(27)30-23-20(19)21(28-29-23)15-7-3-5-12-4-1-2-6-14(12)15/h1-10,19H,27H2,(H,28,29). The topological polar surface area (TPSA) is 87.7 Å². The number of allylic oxidation sites excluding steroid dienone is 1. The molecule has 0 bridgehead atoms. The van der Waals surface area contributed by atoms with Gasteiger partial charge in [0.25, 0.3) is 0 Å². The maximum atomic E-state index is 13.9. The number of ether oxygens (including phenoxy) is 1. The van der Waals surface area contributed by atoms with Gasteiger partial charge in [-0.3, -0.25) is 5.10 Å². The Balaban J connectivity index is 1.79. The summed E-state index contributed by atoms with van der Waals surface area (Å²) in [7, 11) is 0. The number of rotatable bonds is 2. The second-order valence-corrected chi connectivity index (χ2v) is 7.80. The monoisotopic (exact) mass is 460 g/mol. The highest BCUT2D eigenvalue weighted by Crippen LogP contribution is 2.47. The number of aromatic amines is 1. The third-order valence-electron chi connectivity index (χ3n) is 5.27. The van der Waals surface area contributed by atoms with Gasteiger partial charge in [0, 0.05) is 5.56 Å². The number of H-pyrrole nitrogens is 1. The van der Waals surface area contributed by atoms with E-state index in [0.717, 1.165) is 22.0 Å². The lowest BCUT2D eigenvalue weighted by Gasteiger charge is -2.24. The Morgan fingerprint density at radius 1 is 1.13 bits per heavy atom. The number of benzene rings is 3. The maximum absolute atomic E-state index is 13.9. The molecule has 5 rings (SSSR count). The van der Waals surface area contributed by atoms with Crippen molar-refractivity contribution in [3.8, 4) is 23.2 Å². The van der Waals surface area contributed by atoms with Crippen LogP contribution in [0.25, 0.3) is 22.0 Å². The molecule has 1 unspecified atom stereocenters. The van der Waals surface area contributed by atoms with Crippen molar-refractivity contribution in [1.29, 1.82) is 5.26 Å². The highest BCUT2D eigenvalue weighted by atomic mass is 79.9. The van der Waals surface area contributed by atoms with Gasteiger partial charge in [-0.25, -0.2) is 4.39 Å². The van der Waals surface area contributed by atoms with Crippen LogP contribution in [0.3, 0.4) is 0 Å². The molecule has 0 fully saturated rings. The molecule has 1 aliphatic heterocycles. The van der Waals surface area contributed by atoms with Crippen LogP contribution in [0.2, 0.25) is 0 Å². The van der Waals surface area contributed by atoms with Crippen LogP contribution >= 0.6 is 15.9 Å². The average molecular weight is 461 g/mol. The van der Waals surface area contributed by atoms with Gasteiger partial charge in [-0.1, -0.05) is 48.5 Å². The molecule has 1 aliphatic rings. The number of fused-ring (bicyclic) bond motifs is 2. The zero-order valence-corrected chi connectivity index (χ0v) is 17.1. The number of halogens is 2. The van der Waals surface area contributed by atoms with Crippen LogP contribution in [0.5, 0.6) is 5.88 Å². The second kappa shape index (κ2) is 7.01. The zero-order chi connectivity index (χ0) is 20.8. The summed E-state index contributed by atoms with van der Waals surface area (Å²) in [6, 6.07) is 20.8. The molecule has 5 nitrogen and oxygen atoms in total. The third-order valence-corrected chi connectivity index (χ3v) is 5.88. The van der Waals surface area contributed by atoms with Gasteiger partial charge in [0.15, 0.2) is 0 Å². The number of hydrogen-bond acceptors (Lipinski definition) is 4. The summed E-state index contributed by atoms with van der Waals surface area (Å²) in [4.78, 5) is 0. The summed E-state index contributed by atoms with van der Waals surface area (Å²) in [5.41, 5.74) is 9.34. The molecule has 0 saturated carbocycles. The summed E-state index contributed by atoms with van der Waals surface area (Å²) >= 11 is 3.24. The van der Waals surface area contributed by atoms with Crippen LogP contribution in [-0.2, 0) is 0 Å². The molecule has 0 saturated heterocycles. The van der Waals surface area contributed by atoms with E-state index < -0.39 is 5.92 Å². The number of hydrogen-bond donors (Lipinski definition) is 2. The summed E-state index contributed by atoms with van der Waals surface area (Å²) < 4.78 is 19.9.